The molecule has 0 radical (unpaired) electrons. The van der Waals surface area contributed by atoms with Gasteiger partial charge in [0.15, 0.2) is 0 Å². The van der Waals surface area contributed by atoms with Crippen LogP contribution in [0, 0.1) is 5.92 Å². The number of rotatable bonds is 6. The molecule has 0 fully saturated rings. The fraction of sp³-hybridized carbons (Fsp3) is 0.800. The largest absolute Gasteiger partial charge is 0.341 e. The average molecular weight is 309 g/mol. The molecule has 1 aromatic rings. The van der Waals surface area contributed by atoms with Crippen LogP contribution < -0.4 is 10.6 Å². The molecule has 0 aliphatic heterocycles. The van der Waals surface area contributed by atoms with Gasteiger partial charge >= 0.3 is 10.6 Å². The zero-order chi connectivity index (χ0) is 12.1. The second-order valence-electron chi connectivity index (χ2n) is 4.14. The molecule has 1 heterocycles. The van der Waals surface area contributed by atoms with Gasteiger partial charge in [-0.25, -0.2) is 13.3 Å². The van der Waals surface area contributed by atoms with E-state index in [1.54, 1.807) is 3.96 Å². The van der Waals surface area contributed by atoms with Crippen LogP contribution in [0.15, 0.2) is 9.59 Å². The number of aryl methyl sites for hydroxylation is 1. The lowest BCUT2D eigenvalue weighted by Gasteiger charge is -2.02. The maximum atomic E-state index is 11.8. The van der Waals surface area contributed by atoms with Gasteiger partial charge in [-0.1, -0.05) is 29.8 Å². The third-order valence-corrected chi connectivity index (χ3v) is 3.64. The molecular weight excluding hydrogens is 292 g/mol. The van der Waals surface area contributed by atoms with E-state index in [4.69, 9.17) is 0 Å². The van der Waals surface area contributed by atoms with Crippen molar-refractivity contribution in [2.24, 2.45) is 5.92 Å². The van der Waals surface area contributed by atoms with Gasteiger partial charge in [0.05, 0.1) is 0 Å². The number of aromatic nitrogens is 2. The Balaban J connectivity index is 2.81. The van der Waals surface area contributed by atoms with Crippen LogP contribution in [-0.2, 0) is 13.1 Å². The first-order valence-electron chi connectivity index (χ1n) is 5.43. The number of halogens is 1. The van der Waals surface area contributed by atoms with Crippen LogP contribution in [0.2, 0.25) is 0 Å². The van der Waals surface area contributed by atoms with E-state index in [2.05, 4.69) is 15.9 Å². The molecule has 0 aliphatic rings. The molecular formula is C10H17BrN2O2S. The highest BCUT2D eigenvalue weighted by atomic mass is 79.9. The molecule has 0 amide bonds. The lowest BCUT2D eigenvalue weighted by Crippen LogP contribution is -2.30. The van der Waals surface area contributed by atoms with Crippen molar-refractivity contribution in [3.05, 3.63) is 20.2 Å². The summed E-state index contributed by atoms with van der Waals surface area (Å²) >= 11 is 4.37. The fourth-order valence-corrected chi connectivity index (χ4v) is 2.64. The average Bonchev–Trinajstić information content (AvgIpc) is 2.46. The second-order valence-corrected chi connectivity index (χ2v) is 5.91. The van der Waals surface area contributed by atoms with Gasteiger partial charge < -0.3 is 0 Å². The van der Waals surface area contributed by atoms with Gasteiger partial charge in [-0.15, -0.1) is 0 Å². The maximum absolute atomic E-state index is 11.8. The first kappa shape index (κ1) is 13.7. The lowest BCUT2D eigenvalue weighted by atomic mass is 10.2. The van der Waals surface area contributed by atoms with E-state index < -0.39 is 0 Å². The second kappa shape index (κ2) is 6.39. The molecule has 0 aromatic carbocycles. The van der Waals surface area contributed by atoms with Crippen molar-refractivity contribution >= 4 is 27.5 Å². The molecule has 0 N–H and O–H groups in total. The molecule has 0 aliphatic carbocycles. The summed E-state index contributed by atoms with van der Waals surface area (Å²) in [6.45, 7) is 5.16. The van der Waals surface area contributed by atoms with Gasteiger partial charge in [-0.2, -0.15) is 0 Å². The third kappa shape index (κ3) is 3.59. The third-order valence-electron chi connectivity index (χ3n) is 2.15. The van der Waals surface area contributed by atoms with Crippen LogP contribution in [-0.4, -0.2) is 13.9 Å². The molecule has 0 saturated heterocycles. The minimum atomic E-state index is -0.154. The Morgan fingerprint density at radius 2 is 2.00 bits per heavy atom. The Bertz CT molecular complexity index is 433. The van der Waals surface area contributed by atoms with E-state index in [0.29, 0.717) is 19.0 Å². The summed E-state index contributed by atoms with van der Waals surface area (Å²) in [5.41, 5.74) is -0.154. The van der Waals surface area contributed by atoms with Gasteiger partial charge in [0, 0.05) is 30.0 Å². The van der Waals surface area contributed by atoms with Crippen molar-refractivity contribution < 1.29 is 0 Å². The van der Waals surface area contributed by atoms with Crippen molar-refractivity contribution in [1.29, 1.82) is 0 Å². The Labute approximate surface area is 107 Å². The van der Waals surface area contributed by atoms with E-state index in [1.165, 1.54) is 4.57 Å². The highest BCUT2D eigenvalue weighted by Crippen LogP contribution is 1.99. The number of nitrogens with zero attached hydrogens (tertiary/aromatic N) is 2. The van der Waals surface area contributed by atoms with Gasteiger partial charge in [-0.05, 0) is 18.8 Å². The zero-order valence-corrected chi connectivity index (χ0v) is 12.0. The van der Waals surface area contributed by atoms with Crippen LogP contribution in [0.1, 0.15) is 26.7 Å². The molecule has 0 atom stereocenters. The molecule has 4 nitrogen and oxygen atoms in total. The Morgan fingerprint density at radius 1 is 1.31 bits per heavy atom. The molecule has 0 bridgehead atoms. The Hall–Kier alpha value is -0.360. The van der Waals surface area contributed by atoms with Crippen LogP contribution in [0.5, 0.6) is 0 Å². The first-order valence-corrected chi connectivity index (χ1v) is 7.32. The predicted octanol–water partition coefficient (Wildman–Crippen LogP) is 1.90. The van der Waals surface area contributed by atoms with Gasteiger partial charge in [-0.3, -0.25) is 4.79 Å². The molecule has 1 rings (SSSR count). The Kier molecular flexibility index (Phi) is 5.48. The summed E-state index contributed by atoms with van der Waals surface area (Å²) in [4.78, 5) is 23.3. The standard InChI is InChI=1S/C10H17BrN2O2S/c1-8(2)7-12-9(14)13(16-10(12)15)6-4-3-5-11/h8H,3-7H2,1-2H3. The predicted molar refractivity (Wildman–Crippen MR) is 70.7 cm³/mol. The van der Waals surface area contributed by atoms with Gasteiger partial charge in [0.1, 0.15) is 0 Å². The van der Waals surface area contributed by atoms with Gasteiger partial charge in [0.2, 0.25) is 0 Å². The van der Waals surface area contributed by atoms with Crippen molar-refractivity contribution in [3.63, 3.8) is 0 Å². The molecule has 16 heavy (non-hydrogen) atoms. The van der Waals surface area contributed by atoms with E-state index in [0.717, 1.165) is 29.7 Å². The Morgan fingerprint density at radius 3 is 2.56 bits per heavy atom. The fourth-order valence-electron chi connectivity index (χ4n) is 1.40. The number of unbranched alkanes of at least 4 members (excludes halogenated alkanes) is 1. The summed E-state index contributed by atoms with van der Waals surface area (Å²) < 4.78 is 2.90. The summed E-state index contributed by atoms with van der Waals surface area (Å²) in [6.07, 6.45) is 1.94. The van der Waals surface area contributed by atoms with E-state index in [1.807, 2.05) is 13.8 Å². The smallest absolute Gasteiger partial charge is 0.255 e. The number of alkyl halides is 1. The lowest BCUT2D eigenvalue weighted by molar-refractivity contribution is 0.490. The van der Waals surface area contributed by atoms with Crippen LogP contribution >= 0.6 is 27.5 Å². The van der Waals surface area contributed by atoms with Crippen molar-refractivity contribution in [1.82, 2.24) is 8.52 Å². The monoisotopic (exact) mass is 308 g/mol. The quantitative estimate of drug-likeness (QED) is 0.595. The molecule has 6 heteroatoms. The minimum absolute atomic E-state index is 0.141. The van der Waals surface area contributed by atoms with Crippen molar-refractivity contribution in [2.45, 2.75) is 39.8 Å². The molecule has 92 valence electrons. The van der Waals surface area contributed by atoms with Crippen LogP contribution in [0.4, 0.5) is 0 Å². The van der Waals surface area contributed by atoms with Crippen molar-refractivity contribution in [3.8, 4) is 0 Å². The topological polar surface area (TPSA) is 44.0 Å². The zero-order valence-electron chi connectivity index (χ0n) is 9.61. The van der Waals surface area contributed by atoms with E-state index in [-0.39, 0.29) is 10.6 Å². The normalized spacial score (nSPS) is 11.2. The summed E-state index contributed by atoms with van der Waals surface area (Å²) in [6, 6.07) is 0. The van der Waals surface area contributed by atoms with Gasteiger partial charge in [0.25, 0.3) is 0 Å². The van der Waals surface area contributed by atoms with E-state index in [9.17, 15) is 9.59 Å². The molecule has 0 saturated carbocycles. The summed E-state index contributed by atoms with van der Waals surface area (Å²) in [7, 11) is 0. The van der Waals surface area contributed by atoms with E-state index >= 15 is 0 Å². The summed E-state index contributed by atoms with van der Waals surface area (Å²) in [5, 5.41) is 0.934. The minimum Gasteiger partial charge on any atom is -0.255 e. The SMILES string of the molecule is CC(C)Cn1c(=O)sn(CCCCBr)c1=O. The molecule has 1 aromatic heterocycles. The van der Waals surface area contributed by atoms with Crippen molar-refractivity contribution in [2.75, 3.05) is 5.33 Å². The number of hydrogen-bond acceptors (Lipinski definition) is 3. The summed E-state index contributed by atoms with van der Waals surface area (Å²) in [5.74, 6) is 0.316. The maximum Gasteiger partial charge on any atom is 0.341 e. The number of hydrogen-bond donors (Lipinski definition) is 0. The van der Waals surface area contributed by atoms with Crippen LogP contribution in [0.3, 0.4) is 0 Å². The van der Waals surface area contributed by atoms with Crippen LogP contribution in [0.25, 0.3) is 0 Å². The molecule has 0 unspecified atom stereocenters. The molecule has 0 spiro atoms. The highest BCUT2D eigenvalue weighted by molar-refractivity contribution is 9.09. The first-order chi connectivity index (χ1) is 7.56. The highest BCUT2D eigenvalue weighted by Gasteiger charge is 2.10.